The molecule has 0 amide bonds. The summed E-state index contributed by atoms with van der Waals surface area (Å²) >= 11 is 0. The van der Waals surface area contributed by atoms with Crippen LogP contribution < -0.4 is 5.73 Å². The number of nitrogens with two attached hydrogens (primary N) is 1. The zero-order valence-electron chi connectivity index (χ0n) is 11.4. The van der Waals surface area contributed by atoms with E-state index in [1.807, 2.05) is 22.8 Å². The average Bonchev–Trinajstić information content (AvgIpc) is 2.74. The van der Waals surface area contributed by atoms with Crippen LogP contribution in [0, 0.1) is 0 Å². The van der Waals surface area contributed by atoms with Crippen LogP contribution >= 0.6 is 0 Å². The lowest BCUT2D eigenvalue weighted by Crippen LogP contribution is -2.09. The molecule has 1 heterocycles. The summed E-state index contributed by atoms with van der Waals surface area (Å²) in [6.45, 7) is 0.776. The molecule has 0 aliphatic carbocycles. The van der Waals surface area contributed by atoms with E-state index < -0.39 is 9.84 Å². The number of aryl methyl sites for hydroxylation is 1. The Hall–Kier alpha value is -1.44. The lowest BCUT2D eigenvalue weighted by Gasteiger charge is -2.07. The molecule has 1 aromatic heterocycles. The number of sulfone groups is 1. The molecule has 2 rings (SSSR count). The third kappa shape index (κ3) is 3.36. The SMILES string of the molecule is CS(=O)(=O)CCCn1c(CO)nc2cc(CN)ccc21. The largest absolute Gasteiger partial charge is 0.388 e. The van der Waals surface area contributed by atoms with Crippen LogP contribution in [0.3, 0.4) is 0 Å². The van der Waals surface area contributed by atoms with Gasteiger partial charge in [-0.1, -0.05) is 6.07 Å². The Kier molecular flexibility index (Phi) is 4.42. The van der Waals surface area contributed by atoms with Crippen molar-refractivity contribution in [2.75, 3.05) is 12.0 Å². The number of nitrogens with zero attached hydrogens (tertiary/aromatic N) is 2. The third-order valence-corrected chi connectivity index (χ3v) is 4.20. The van der Waals surface area contributed by atoms with Gasteiger partial charge in [-0.3, -0.25) is 0 Å². The van der Waals surface area contributed by atoms with Gasteiger partial charge in [0.2, 0.25) is 0 Å². The molecule has 2 aromatic rings. The minimum absolute atomic E-state index is 0.123. The predicted octanol–water partition coefficient (Wildman–Crippen LogP) is 0.422. The molecule has 0 spiro atoms. The first-order chi connectivity index (χ1) is 9.44. The van der Waals surface area contributed by atoms with E-state index >= 15 is 0 Å². The van der Waals surface area contributed by atoms with E-state index in [9.17, 15) is 13.5 Å². The molecule has 0 saturated carbocycles. The Balaban J connectivity index is 2.31. The van der Waals surface area contributed by atoms with Crippen molar-refractivity contribution < 1.29 is 13.5 Å². The number of imidazole rings is 1. The fourth-order valence-corrected chi connectivity index (χ4v) is 2.86. The zero-order chi connectivity index (χ0) is 14.8. The fraction of sp³-hybridized carbons (Fsp3) is 0.462. The number of aliphatic hydroxyl groups is 1. The smallest absolute Gasteiger partial charge is 0.147 e. The van der Waals surface area contributed by atoms with Crippen molar-refractivity contribution >= 4 is 20.9 Å². The van der Waals surface area contributed by atoms with Gasteiger partial charge in [0.25, 0.3) is 0 Å². The molecule has 0 aliphatic rings. The van der Waals surface area contributed by atoms with Gasteiger partial charge in [-0.15, -0.1) is 0 Å². The minimum atomic E-state index is -2.97. The van der Waals surface area contributed by atoms with Gasteiger partial charge < -0.3 is 15.4 Å². The van der Waals surface area contributed by atoms with Crippen molar-refractivity contribution in [2.45, 2.75) is 26.1 Å². The highest BCUT2D eigenvalue weighted by molar-refractivity contribution is 7.90. The topological polar surface area (TPSA) is 98.2 Å². The Morgan fingerprint density at radius 3 is 2.75 bits per heavy atom. The molecule has 3 N–H and O–H groups in total. The molecule has 7 heteroatoms. The number of aliphatic hydroxyl groups excluding tert-OH is 1. The number of rotatable bonds is 6. The summed E-state index contributed by atoms with van der Waals surface area (Å²) in [7, 11) is -2.97. The van der Waals surface area contributed by atoms with Crippen LogP contribution in [-0.4, -0.2) is 35.1 Å². The standard InChI is InChI=1S/C13H19N3O3S/c1-20(18,19)6-2-5-16-12-4-3-10(8-14)7-11(12)15-13(16)9-17/h3-4,7,17H,2,5-6,8-9,14H2,1H3. The number of hydrogen-bond acceptors (Lipinski definition) is 5. The molecule has 0 saturated heterocycles. The van der Waals surface area contributed by atoms with Crippen molar-refractivity contribution in [2.24, 2.45) is 5.73 Å². The Morgan fingerprint density at radius 1 is 1.40 bits per heavy atom. The van der Waals surface area contributed by atoms with E-state index in [2.05, 4.69) is 4.98 Å². The van der Waals surface area contributed by atoms with Crippen LogP contribution in [0.4, 0.5) is 0 Å². The second-order valence-corrected chi connectivity index (χ2v) is 7.11. The van der Waals surface area contributed by atoms with Gasteiger partial charge in [0.1, 0.15) is 22.3 Å². The molecular weight excluding hydrogens is 278 g/mol. The monoisotopic (exact) mass is 297 g/mol. The maximum absolute atomic E-state index is 11.2. The van der Waals surface area contributed by atoms with Crippen molar-refractivity contribution in [3.05, 3.63) is 29.6 Å². The molecule has 0 fully saturated rings. The molecule has 0 unspecified atom stereocenters. The zero-order valence-corrected chi connectivity index (χ0v) is 12.2. The molecule has 1 aromatic carbocycles. The molecule has 20 heavy (non-hydrogen) atoms. The van der Waals surface area contributed by atoms with Gasteiger partial charge in [0, 0.05) is 19.3 Å². The first kappa shape index (κ1) is 15.0. The summed E-state index contributed by atoms with van der Waals surface area (Å²) in [6, 6.07) is 5.71. The fourth-order valence-electron chi connectivity index (χ4n) is 2.21. The summed E-state index contributed by atoms with van der Waals surface area (Å²) in [5, 5.41) is 9.38. The second-order valence-electron chi connectivity index (χ2n) is 4.85. The molecule has 0 aliphatic heterocycles. The molecular formula is C13H19N3O3S. The van der Waals surface area contributed by atoms with Gasteiger partial charge in [0.15, 0.2) is 0 Å². The first-order valence-corrected chi connectivity index (χ1v) is 8.47. The maximum atomic E-state index is 11.2. The van der Waals surface area contributed by atoms with Crippen LogP contribution in [0.25, 0.3) is 11.0 Å². The van der Waals surface area contributed by atoms with Crippen molar-refractivity contribution in [1.29, 1.82) is 0 Å². The lowest BCUT2D eigenvalue weighted by atomic mass is 10.2. The molecule has 0 bridgehead atoms. The highest BCUT2D eigenvalue weighted by atomic mass is 32.2. The van der Waals surface area contributed by atoms with Crippen LogP contribution in [0.15, 0.2) is 18.2 Å². The molecule has 0 radical (unpaired) electrons. The maximum Gasteiger partial charge on any atom is 0.147 e. The second kappa shape index (κ2) is 5.90. The summed E-state index contributed by atoms with van der Waals surface area (Å²) in [6.07, 6.45) is 1.72. The van der Waals surface area contributed by atoms with Crippen molar-refractivity contribution in [3.63, 3.8) is 0 Å². The van der Waals surface area contributed by atoms with E-state index in [4.69, 9.17) is 5.73 Å². The summed E-state index contributed by atoms with van der Waals surface area (Å²) in [5.74, 6) is 0.668. The van der Waals surface area contributed by atoms with Gasteiger partial charge in [0.05, 0.1) is 16.8 Å². The summed E-state index contributed by atoms with van der Waals surface area (Å²) in [4.78, 5) is 4.36. The predicted molar refractivity (Wildman–Crippen MR) is 77.9 cm³/mol. The summed E-state index contributed by atoms with van der Waals surface area (Å²) < 4.78 is 24.2. The Morgan fingerprint density at radius 2 is 2.15 bits per heavy atom. The first-order valence-electron chi connectivity index (χ1n) is 6.41. The number of hydrogen-bond donors (Lipinski definition) is 2. The van der Waals surface area contributed by atoms with Gasteiger partial charge >= 0.3 is 0 Å². The van der Waals surface area contributed by atoms with Crippen molar-refractivity contribution in [3.8, 4) is 0 Å². The van der Waals surface area contributed by atoms with Gasteiger partial charge in [-0.25, -0.2) is 13.4 Å². The normalized spacial score (nSPS) is 12.2. The van der Waals surface area contributed by atoms with Crippen LogP contribution in [0.2, 0.25) is 0 Å². The van der Waals surface area contributed by atoms with Gasteiger partial charge in [-0.2, -0.15) is 0 Å². The minimum Gasteiger partial charge on any atom is -0.388 e. The Bertz CT molecular complexity index is 707. The van der Waals surface area contributed by atoms with Crippen molar-refractivity contribution in [1.82, 2.24) is 9.55 Å². The molecule has 0 atom stereocenters. The highest BCUT2D eigenvalue weighted by Gasteiger charge is 2.11. The van der Waals surface area contributed by atoms with E-state index in [0.717, 1.165) is 16.6 Å². The number of fused-ring (bicyclic) bond motifs is 1. The van der Waals surface area contributed by atoms with Crippen LogP contribution in [0.1, 0.15) is 17.8 Å². The molecule has 110 valence electrons. The third-order valence-electron chi connectivity index (χ3n) is 3.17. The van der Waals surface area contributed by atoms with Crippen LogP contribution in [0.5, 0.6) is 0 Å². The Labute approximate surface area is 118 Å². The highest BCUT2D eigenvalue weighted by Crippen LogP contribution is 2.18. The van der Waals surface area contributed by atoms with Gasteiger partial charge in [-0.05, 0) is 24.1 Å². The number of benzene rings is 1. The average molecular weight is 297 g/mol. The van der Waals surface area contributed by atoms with E-state index in [-0.39, 0.29) is 12.4 Å². The van der Waals surface area contributed by atoms with Crippen LogP contribution in [-0.2, 0) is 29.5 Å². The quantitative estimate of drug-likeness (QED) is 0.805. The lowest BCUT2D eigenvalue weighted by molar-refractivity contribution is 0.266. The number of aromatic nitrogens is 2. The summed E-state index contributed by atoms with van der Waals surface area (Å²) in [5.41, 5.74) is 8.23. The van der Waals surface area contributed by atoms with E-state index in [1.54, 1.807) is 0 Å². The molecule has 6 nitrogen and oxygen atoms in total. The van der Waals surface area contributed by atoms with E-state index in [1.165, 1.54) is 6.26 Å². The van der Waals surface area contributed by atoms with E-state index in [0.29, 0.717) is 25.3 Å².